The Morgan fingerprint density at radius 2 is 1.78 bits per heavy atom. The van der Waals surface area contributed by atoms with E-state index in [1.54, 1.807) is 0 Å². The van der Waals surface area contributed by atoms with Gasteiger partial charge < -0.3 is 5.11 Å². The molecule has 1 heterocycles. The molecule has 0 radical (unpaired) electrons. The number of alkyl halides is 3. The van der Waals surface area contributed by atoms with Crippen LogP contribution in [0.25, 0.3) is 0 Å². The first-order valence-electron chi connectivity index (χ1n) is 2.50. The van der Waals surface area contributed by atoms with Gasteiger partial charge in [0.2, 0.25) is 0 Å². The normalized spacial score (nSPS) is 24.0. The molecule has 0 unspecified atom stereocenters. The molecule has 0 aromatic heterocycles. The van der Waals surface area contributed by atoms with Crippen molar-refractivity contribution >= 4 is 0 Å². The summed E-state index contributed by atoms with van der Waals surface area (Å²) in [6, 6.07) is 0. The largest absolute Gasteiger partial charge is 0.460 e. The van der Waals surface area contributed by atoms with Crippen molar-refractivity contribution in [3.8, 4) is 0 Å². The number of aliphatic hydroxyl groups is 1. The first-order valence-corrected chi connectivity index (χ1v) is 2.50. The number of aliphatic hydroxyl groups excluding tert-OH is 1. The lowest BCUT2D eigenvalue weighted by atomic mass is 10.2. The van der Waals surface area contributed by atoms with E-state index >= 15 is 0 Å². The van der Waals surface area contributed by atoms with E-state index in [4.69, 9.17) is 5.11 Å². The second-order valence-corrected chi connectivity index (χ2v) is 2.03. The van der Waals surface area contributed by atoms with Crippen molar-refractivity contribution in [1.29, 1.82) is 0 Å². The van der Waals surface area contributed by atoms with Crippen molar-refractivity contribution in [2.24, 2.45) is 0 Å². The third-order valence-corrected chi connectivity index (χ3v) is 1.22. The molecule has 1 aliphatic heterocycles. The monoisotopic (exact) mass is 141 g/mol. The first kappa shape index (κ1) is 6.82. The van der Waals surface area contributed by atoms with E-state index in [9.17, 15) is 13.2 Å². The van der Waals surface area contributed by atoms with Crippen LogP contribution in [0.3, 0.4) is 0 Å². The van der Waals surface area contributed by atoms with Crippen LogP contribution in [-0.2, 0) is 0 Å². The number of halogens is 3. The molecule has 5 heteroatoms. The average molecular weight is 141 g/mol. The number of nitrogens with zero attached hydrogens (tertiary/aromatic N) is 1. The lowest BCUT2D eigenvalue weighted by Gasteiger charge is -2.36. The molecule has 1 N–H and O–H groups in total. The maximum atomic E-state index is 11.5. The maximum absolute atomic E-state index is 11.5. The third-order valence-electron chi connectivity index (χ3n) is 1.22. The number of hydrogen-bond donors (Lipinski definition) is 1. The topological polar surface area (TPSA) is 23.5 Å². The number of likely N-dealkylation sites (tertiary alicyclic amines) is 1. The minimum atomic E-state index is -4.25. The Morgan fingerprint density at radius 3 is 1.89 bits per heavy atom. The van der Waals surface area contributed by atoms with Crippen molar-refractivity contribution in [2.75, 3.05) is 13.1 Å². The molecule has 1 saturated heterocycles. The molecular formula is C4H6F3NO. The lowest BCUT2D eigenvalue weighted by molar-refractivity contribution is -0.282. The van der Waals surface area contributed by atoms with Crippen LogP contribution in [0.4, 0.5) is 13.2 Å². The smallest absolute Gasteiger partial charge is 0.390 e. The molecule has 54 valence electrons. The fourth-order valence-electron chi connectivity index (χ4n) is 0.662. The average Bonchev–Trinajstić information content (AvgIpc) is 1.55. The number of rotatable bonds is 0. The molecular weight excluding hydrogens is 135 g/mol. The van der Waals surface area contributed by atoms with E-state index in [0.29, 0.717) is 0 Å². The summed E-state index contributed by atoms with van der Waals surface area (Å²) in [6.45, 7) is -0.549. The molecule has 2 nitrogen and oxygen atoms in total. The number of β-amino-alcohol motifs (C(OH)–C–C–N with tert-alkyl or cyclic N) is 1. The zero-order valence-electron chi connectivity index (χ0n) is 4.52. The molecule has 0 bridgehead atoms. The predicted octanol–water partition coefficient (Wildman–Crippen LogP) is 0.183. The van der Waals surface area contributed by atoms with Crippen LogP contribution in [-0.4, -0.2) is 35.5 Å². The van der Waals surface area contributed by atoms with E-state index in [1.807, 2.05) is 0 Å². The molecule has 0 aromatic rings. The molecule has 0 atom stereocenters. The summed E-state index contributed by atoms with van der Waals surface area (Å²) < 4.78 is 34.5. The Bertz CT molecular complexity index is 107. The van der Waals surface area contributed by atoms with Gasteiger partial charge in [-0.2, -0.15) is 13.2 Å². The molecule has 0 amide bonds. The molecule has 1 rings (SSSR count). The molecule has 9 heavy (non-hydrogen) atoms. The van der Waals surface area contributed by atoms with Gasteiger partial charge in [-0.3, -0.25) is 0 Å². The zero-order valence-corrected chi connectivity index (χ0v) is 4.52. The molecule has 0 aliphatic carbocycles. The molecule has 0 saturated carbocycles. The highest BCUT2D eigenvalue weighted by Gasteiger charge is 2.44. The molecule has 1 aliphatic rings. The Morgan fingerprint density at radius 1 is 1.33 bits per heavy atom. The van der Waals surface area contributed by atoms with Crippen molar-refractivity contribution < 1.29 is 18.3 Å². The van der Waals surface area contributed by atoms with E-state index in [0.717, 1.165) is 0 Å². The van der Waals surface area contributed by atoms with Gasteiger partial charge in [0.05, 0.1) is 6.10 Å². The minimum Gasteiger partial charge on any atom is -0.390 e. The highest BCUT2D eigenvalue weighted by molar-refractivity contribution is 4.79. The van der Waals surface area contributed by atoms with E-state index in [1.165, 1.54) is 0 Å². The highest BCUT2D eigenvalue weighted by Crippen LogP contribution is 2.26. The van der Waals surface area contributed by atoms with Crippen LogP contribution in [0.1, 0.15) is 0 Å². The zero-order chi connectivity index (χ0) is 7.07. The van der Waals surface area contributed by atoms with Crippen LogP contribution in [0.2, 0.25) is 0 Å². The molecule has 0 spiro atoms. The van der Waals surface area contributed by atoms with E-state index < -0.39 is 12.4 Å². The van der Waals surface area contributed by atoms with Crippen LogP contribution in [0.15, 0.2) is 0 Å². The third kappa shape index (κ3) is 1.34. The van der Waals surface area contributed by atoms with Crippen LogP contribution in [0, 0.1) is 0 Å². The van der Waals surface area contributed by atoms with Crippen LogP contribution >= 0.6 is 0 Å². The summed E-state index contributed by atoms with van der Waals surface area (Å²) in [5.41, 5.74) is 0. The molecule has 0 aromatic carbocycles. The summed E-state index contributed by atoms with van der Waals surface area (Å²) in [5.74, 6) is 0. The Kier molecular flexibility index (Phi) is 1.40. The van der Waals surface area contributed by atoms with Gasteiger partial charge in [-0.05, 0) is 0 Å². The Labute approximate surface area is 49.9 Å². The van der Waals surface area contributed by atoms with Gasteiger partial charge in [0, 0.05) is 13.1 Å². The summed E-state index contributed by atoms with van der Waals surface area (Å²) in [5, 5.41) is 8.44. The van der Waals surface area contributed by atoms with E-state index in [-0.39, 0.29) is 18.0 Å². The summed E-state index contributed by atoms with van der Waals surface area (Å²) in [7, 11) is 0. The summed E-state index contributed by atoms with van der Waals surface area (Å²) in [6.07, 6.45) is -5.04. The fraction of sp³-hybridized carbons (Fsp3) is 1.00. The van der Waals surface area contributed by atoms with Gasteiger partial charge in [0.25, 0.3) is 0 Å². The van der Waals surface area contributed by atoms with E-state index in [2.05, 4.69) is 0 Å². The minimum absolute atomic E-state index is 0.262. The summed E-state index contributed by atoms with van der Waals surface area (Å²) in [4.78, 5) is 0.262. The number of hydrogen-bond acceptors (Lipinski definition) is 2. The second-order valence-electron chi connectivity index (χ2n) is 2.03. The van der Waals surface area contributed by atoms with Gasteiger partial charge in [-0.25, -0.2) is 4.90 Å². The van der Waals surface area contributed by atoms with Gasteiger partial charge in [0.1, 0.15) is 0 Å². The highest BCUT2D eigenvalue weighted by atomic mass is 19.4. The van der Waals surface area contributed by atoms with Gasteiger partial charge in [-0.1, -0.05) is 0 Å². The van der Waals surface area contributed by atoms with Gasteiger partial charge in [0.15, 0.2) is 0 Å². The van der Waals surface area contributed by atoms with Crippen molar-refractivity contribution in [1.82, 2.24) is 4.90 Å². The van der Waals surface area contributed by atoms with Crippen LogP contribution < -0.4 is 0 Å². The summed E-state index contributed by atoms with van der Waals surface area (Å²) >= 11 is 0. The molecule has 1 fully saturated rings. The Hall–Kier alpha value is -0.290. The van der Waals surface area contributed by atoms with Crippen molar-refractivity contribution in [3.63, 3.8) is 0 Å². The fourth-order valence-corrected chi connectivity index (χ4v) is 0.662. The SMILES string of the molecule is OC1CN(C(F)(F)F)C1. The second kappa shape index (κ2) is 1.85. The standard InChI is InChI=1S/C4H6F3NO/c5-4(6,7)8-1-3(9)2-8/h3,9H,1-2H2. The Balaban J connectivity index is 2.32. The quantitative estimate of drug-likeness (QED) is 0.486. The van der Waals surface area contributed by atoms with Gasteiger partial charge >= 0.3 is 6.30 Å². The van der Waals surface area contributed by atoms with Crippen molar-refractivity contribution in [3.05, 3.63) is 0 Å². The first-order chi connectivity index (χ1) is 4.00. The predicted molar refractivity (Wildman–Crippen MR) is 23.6 cm³/mol. The maximum Gasteiger partial charge on any atom is 0.460 e. The van der Waals surface area contributed by atoms with Crippen LogP contribution in [0.5, 0.6) is 0 Å². The van der Waals surface area contributed by atoms with Gasteiger partial charge in [-0.15, -0.1) is 0 Å². The lowest BCUT2D eigenvalue weighted by Crippen LogP contribution is -2.57. The van der Waals surface area contributed by atoms with Crippen molar-refractivity contribution in [2.45, 2.75) is 12.4 Å².